The lowest BCUT2D eigenvalue weighted by Gasteiger charge is -2.32. The second-order valence-corrected chi connectivity index (χ2v) is 16.6. The minimum atomic E-state index is -0.0837. The van der Waals surface area contributed by atoms with Gasteiger partial charge in [0.15, 0.2) is 5.71 Å². The van der Waals surface area contributed by atoms with Gasteiger partial charge in [0.1, 0.15) is 6.54 Å². The molecule has 50 heavy (non-hydrogen) atoms. The molecule has 4 aromatic rings. The molecule has 0 saturated carbocycles. The summed E-state index contributed by atoms with van der Waals surface area (Å²) in [7, 11) is 0. The van der Waals surface area contributed by atoms with Crippen LogP contribution in [0, 0.1) is 5.41 Å². The number of likely N-dealkylation sites (N-methyl/N-ethyl adjacent to an activating group) is 1. The van der Waals surface area contributed by atoms with E-state index in [4.69, 9.17) is 0 Å². The molecule has 0 atom stereocenters. The predicted octanol–water partition coefficient (Wildman–Crippen LogP) is 12.7. The lowest BCUT2D eigenvalue weighted by atomic mass is 9.72. The molecule has 3 aliphatic rings. The standard InChI is InChI=1S/C48H55N2/c1-11-49-40-25-23-34-17-13-15-19-38(34)44(40)47(7,8)42(49)27-21-32(3)36-29-37(31-46(5,6)30-36)33(4)22-28-43-48(9,10)45-39-20-16-14-18-35(39)24-26-41(45)50(43)12-2/h13-29H,11-12,30-31H2,1-10H3/q+1. The van der Waals surface area contributed by atoms with Gasteiger partial charge in [-0.25, -0.2) is 0 Å². The second kappa shape index (κ2) is 12.4. The summed E-state index contributed by atoms with van der Waals surface area (Å²) in [4.78, 5) is 2.52. The van der Waals surface area contributed by atoms with E-state index >= 15 is 0 Å². The summed E-state index contributed by atoms with van der Waals surface area (Å²) in [5.74, 6) is 0. The van der Waals surface area contributed by atoms with Crippen LogP contribution in [0.4, 0.5) is 11.4 Å². The molecule has 0 unspecified atom stereocenters. The van der Waals surface area contributed by atoms with E-state index in [0.717, 1.165) is 25.9 Å². The van der Waals surface area contributed by atoms with E-state index in [-0.39, 0.29) is 16.2 Å². The van der Waals surface area contributed by atoms with E-state index in [1.54, 1.807) is 0 Å². The highest BCUT2D eigenvalue weighted by atomic mass is 15.2. The summed E-state index contributed by atoms with van der Waals surface area (Å²) in [5.41, 5.74) is 14.0. The number of rotatable bonds is 6. The summed E-state index contributed by atoms with van der Waals surface area (Å²) in [6.45, 7) is 25.5. The Kier molecular flexibility index (Phi) is 8.45. The minimum absolute atomic E-state index is 0.0837. The van der Waals surface area contributed by atoms with Gasteiger partial charge in [-0.2, -0.15) is 4.58 Å². The van der Waals surface area contributed by atoms with Gasteiger partial charge in [-0.05, 0) is 127 Å². The number of hydrogen-bond donors (Lipinski definition) is 0. The Morgan fingerprint density at radius 3 is 2.06 bits per heavy atom. The Bertz CT molecular complexity index is 2220. The molecule has 0 saturated heterocycles. The van der Waals surface area contributed by atoms with Crippen LogP contribution < -0.4 is 4.90 Å². The zero-order chi connectivity index (χ0) is 35.6. The molecule has 2 aliphatic heterocycles. The molecule has 2 heterocycles. The lowest BCUT2D eigenvalue weighted by Crippen LogP contribution is -2.27. The zero-order valence-electron chi connectivity index (χ0n) is 32.0. The number of hydrogen-bond acceptors (Lipinski definition) is 1. The predicted molar refractivity (Wildman–Crippen MR) is 217 cm³/mol. The highest BCUT2D eigenvalue weighted by Gasteiger charge is 2.45. The maximum atomic E-state index is 2.52. The Morgan fingerprint density at radius 1 is 0.760 bits per heavy atom. The molecule has 0 bridgehead atoms. The van der Waals surface area contributed by atoms with E-state index in [1.165, 1.54) is 77.7 Å². The van der Waals surface area contributed by atoms with Gasteiger partial charge in [0.05, 0.1) is 5.41 Å². The van der Waals surface area contributed by atoms with Crippen LogP contribution in [0.2, 0.25) is 0 Å². The molecule has 256 valence electrons. The third-order valence-electron chi connectivity index (χ3n) is 11.8. The molecule has 2 nitrogen and oxygen atoms in total. The molecule has 0 amide bonds. The third kappa shape index (κ3) is 5.52. The largest absolute Gasteiger partial charge is 0.344 e. The molecule has 2 heteroatoms. The van der Waals surface area contributed by atoms with E-state index < -0.39 is 0 Å². The van der Waals surface area contributed by atoms with Gasteiger partial charge in [0.2, 0.25) is 5.69 Å². The highest BCUT2D eigenvalue weighted by molar-refractivity contribution is 6.07. The maximum absolute atomic E-state index is 2.52. The summed E-state index contributed by atoms with van der Waals surface area (Å²) < 4.78 is 2.52. The van der Waals surface area contributed by atoms with E-state index in [0.29, 0.717) is 0 Å². The van der Waals surface area contributed by atoms with Crippen molar-refractivity contribution in [1.29, 1.82) is 0 Å². The van der Waals surface area contributed by atoms with Gasteiger partial charge >= 0.3 is 0 Å². The molecule has 1 aliphatic carbocycles. The van der Waals surface area contributed by atoms with Crippen molar-refractivity contribution in [3.63, 3.8) is 0 Å². The lowest BCUT2D eigenvalue weighted by molar-refractivity contribution is -0.433. The highest BCUT2D eigenvalue weighted by Crippen LogP contribution is 2.51. The van der Waals surface area contributed by atoms with Crippen molar-refractivity contribution in [2.75, 3.05) is 18.0 Å². The minimum Gasteiger partial charge on any atom is -0.344 e. The van der Waals surface area contributed by atoms with Crippen molar-refractivity contribution in [3.05, 3.63) is 142 Å². The molecular formula is C48H55N2+. The van der Waals surface area contributed by atoms with Crippen LogP contribution in [0.15, 0.2) is 131 Å². The van der Waals surface area contributed by atoms with Crippen LogP contribution in [0.25, 0.3) is 21.5 Å². The number of allylic oxidation sites excluding steroid dienone is 10. The smallest absolute Gasteiger partial charge is 0.210 e. The first kappa shape index (κ1) is 34.0. The van der Waals surface area contributed by atoms with Gasteiger partial charge in [-0.1, -0.05) is 101 Å². The van der Waals surface area contributed by atoms with Gasteiger partial charge < -0.3 is 4.90 Å². The quantitative estimate of drug-likeness (QED) is 0.187. The zero-order valence-corrected chi connectivity index (χ0v) is 32.0. The monoisotopic (exact) mass is 659 g/mol. The van der Waals surface area contributed by atoms with Gasteiger partial charge in [0.25, 0.3) is 0 Å². The van der Waals surface area contributed by atoms with Crippen molar-refractivity contribution >= 4 is 38.6 Å². The normalized spacial score (nSPS) is 21.4. The maximum Gasteiger partial charge on any atom is 0.210 e. The topological polar surface area (TPSA) is 6.25 Å². The van der Waals surface area contributed by atoms with Gasteiger partial charge in [-0.15, -0.1) is 0 Å². The summed E-state index contributed by atoms with van der Waals surface area (Å²) in [5, 5.41) is 5.37. The van der Waals surface area contributed by atoms with E-state index in [1.807, 2.05) is 0 Å². The average Bonchev–Trinajstić information content (AvgIpc) is 3.46. The molecule has 0 radical (unpaired) electrons. The van der Waals surface area contributed by atoms with Crippen LogP contribution in [-0.4, -0.2) is 23.4 Å². The van der Waals surface area contributed by atoms with Crippen molar-refractivity contribution < 1.29 is 4.58 Å². The third-order valence-corrected chi connectivity index (χ3v) is 11.8. The first-order valence-corrected chi connectivity index (χ1v) is 18.7. The SMILES string of the molecule is CCN1/C(=C\C=C(/C)C2=C/C(=C(C)\C=C\C3=[N+](CC)c4ccc5ccccc5c4C3(C)C)CC(C)(C)C2)C(C)(C)c2c1ccc1ccccc21. The Labute approximate surface area is 300 Å². The fourth-order valence-corrected chi connectivity index (χ4v) is 9.29. The van der Waals surface area contributed by atoms with Crippen LogP contribution in [0.1, 0.15) is 93.2 Å². The van der Waals surface area contributed by atoms with Crippen molar-refractivity contribution in [3.8, 4) is 0 Å². The van der Waals surface area contributed by atoms with E-state index in [9.17, 15) is 0 Å². The number of anilines is 1. The molecule has 0 N–H and O–H groups in total. The summed E-state index contributed by atoms with van der Waals surface area (Å²) in [6.07, 6.45) is 14.3. The molecule has 4 aromatic carbocycles. The molecular weight excluding hydrogens is 605 g/mol. The number of nitrogens with zero attached hydrogens (tertiary/aromatic N) is 2. The Balaban J connectivity index is 1.23. The Hall–Kier alpha value is -4.43. The fourth-order valence-electron chi connectivity index (χ4n) is 9.29. The number of benzene rings is 4. The van der Waals surface area contributed by atoms with Crippen LogP contribution >= 0.6 is 0 Å². The summed E-state index contributed by atoms with van der Waals surface area (Å²) >= 11 is 0. The van der Waals surface area contributed by atoms with Crippen LogP contribution in [0.3, 0.4) is 0 Å². The summed E-state index contributed by atoms with van der Waals surface area (Å²) in [6, 6.07) is 26.9. The molecule has 0 fully saturated rings. The molecule has 0 aromatic heterocycles. The average molecular weight is 660 g/mol. The Morgan fingerprint density at radius 2 is 1.40 bits per heavy atom. The van der Waals surface area contributed by atoms with Crippen molar-refractivity contribution in [2.24, 2.45) is 5.41 Å². The second-order valence-electron chi connectivity index (χ2n) is 16.6. The van der Waals surface area contributed by atoms with Gasteiger partial charge in [-0.3, -0.25) is 0 Å². The van der Waals surface area contributed by atoms with Crippen LogP contribution in [-0.2, 0) is 10.8 Å². The van der Waals surface area contributed by atoms with Crippen molar-refractivity contribution in [2.45, 2.75) is 92.9 Å². The first-order valence-electron chi connectivity index (χ1n) is 18.7. The van der Waals surface area contributed by atoms with Crippen LogP contribution in [0.5, 0.6) is 0 Å². The van der Waals surface area contributed by atoms with Crippen molar-refractivity contribution in [1.82, 2.24) is 0 Å². The number of fused-ring (bicyclic) bond motifs is 6. The molecule has 0 spiro atoms. The molecule has 7 rings (SSSR count). The first-order chi connectivity index (χ1) is 23.8. The van der Waals surface area contributed by atoms with Gasteiger partial charge in [0, 0.05) is 41.1 Å². The van der Waals surface area contributed by atoms with E-state index in [2.05, 4.69) is 182 Å². The fraction of sp³-hybridized carbons (Fsp3) is 0.354.